The molecule has 1 aliphatic rings. The molecule has 1 fully saturated rings. The summed E-state index contributed by atoms with van der Waals surface area (Å²) in [4.78, 5) is 13.3. The number of nitrogens with two attached hydrogens (primary N) is 1. The first-order chi connectivity index (χ1) is 7.85. The summed E-state index contributed by atoms with van der Waals surface area (Å²) in [6.45, 7) is 6.88. The second-order valence-corrected chi connectivity index (χ2v) is 5.33. The monoisotopic (exact) mass is 274 g/mol. The Hall–Kier alpha value is -1.43. The number of aromatic nitrogens is 2. The number of hydrogen-bond acceptors (Lipinski definition) is 4. The lowest BCUT2D eigenvalue weighted by molar-refractivity contribution is 0.00787. The number of H-pyrrole nitrogens is 1. The number of carbonyl (C=O) groups is 1. The summed E-state index contributed by atoms with van der Waals surface area (Å²) >= 11 is 0. The van der Waals surface area contributed by atoms with E-state index in [0.717, 1.165) is 5.69 Å². The molecule has 1 aromatic rings. The minimum Gasteiger partial charge on any atom is -0.444 e. The van der Waals surface area contributed by atoms with Crippen molar-refractivity contribution in [3.8, 4) is 0 Å². The van der Waals surface area contributed by atoms with Gasteiger partial charge in [-0.1, -0.05) is 0 Å². The van der Waals surface area contributed by atoms with E-state index in [1.54, 1.807) is 11.0 Å². The molecule has 7 heteroatoms. The number of likely N-dealkylation sites (tertiary alicyclic amines) is 1. The average Bonchev–Trinajstić information content (AvgIpc) is 2.45. The first kappa shape index (κ1) is 14.6. The molecular weight excluding hydrogens is 256 g/mol. The van der Waals surface area contributed by atoms with Crippen LogP contribution in [0.25, 0.3) is 0 Å². The third-order valence-corrected chi connectivity index (χ3v) is 2.59. The van der Waals surface area contributed by atoms with Crippen LogP contribution < -0.4 is 5.73 Å². The molecule has 102 valence electrons. The fraction of sp³-hybridized carbons (Fsp3) is 0.636. The summed E-state index contributed by atoms with van der Waals surface area (Å²) < 4.78 is 5.27. The van der Waals surface area contributed by atoms with E-state index in [4.69, 9.17) is 10.5 Å². The van der Waals surface area contributed by atoms with Crippen LogP contribution >= 0.6 is 12.4 Å². The van der Waals surface area contributed by atoms with Gasteiger partial charge in [-0.25, -0.2) is 4.79 Å². The first-order valence-electron chi connectivity index (χ1n) is 5.64. The second kappa shape index (κ2) is 5.06. The molecule has 1 amide bonds. The van der Waals surface area contributed by atoms with Crippen LogP contribution in [0.15, 0.2) is 6.07 Å². The van der Waals surface area contributed by atoms with Gasteiger partial charge in [-0.05, 0) is 20.8 Å². The maximum Gasteiger partial charge on any atom is 0.410 e. The third-order valence-electron chi connectivity index (χ3n) is 2.59. The van der Waals surface area contributed by atoms with Gasteiger partial charge in [-0.3, -0.25) is 5.10 Å². The number of nitrogen functional groups attached to an aromatic ring is 1. The van der Waals surface area contributed by atoms with Crippen molar-refractivity contribution in [2.45, 2.75) is 32.3 Å². The minimum absolute atomic E-state index is 0. The molecule has 0 saturated carbocycles. The quantitative estimate of drug-likeness (QED) is 0.817. The molecular formula is C11H19ClN4O2. The van der Waals surface area contributed by atoms with Gasteiger partial charge in [0.15, 0.2) is 0 Å². The highest BCUT2D eigenvalue weighted by Gasteiger charge is 2.35. The lowest BCUT2D eigenvalue weighted by Gasteiger charge is -2.39. The first-order valence-corrected chi connectivity index (χ1v) is 5.64. The van der Waals surface area contributed by atoms with Crippen LogP contribution in [-0.2, 0) is 4.74 Å². The van der Waals surface area contributed by atoms with Crippen molar-refractivity contribution in [2.24, 2.45) is 0 Å². The fourth-order valence-electron chi connectivity index (χ4n) is 1.71. The highest BCUT2D eigenvalue weighted by atomic mass is 35.5. The number of aromatic amines is 1. The molecule has 1 saturated heterocycles. The van der Waals surface area contributed by atoms with Gasteiger partial charge in [0.2, 0.25) is 0 Å². The van der Waals surface area contributed by atoms with E-state index in [0.29, 0.717) is 18.9 Å². The van der Waals surface area contributed by atoms with Crippen molar-refractivity contribution in [1.29, 1.82) is 0 Å². The summed E-state index contributed by atoms with van der Waals surface area (Å²) in [6, 6.07) is 1.80. The Morgan fingerprint density at radius 3 is 2.61 bits per heavy atom. The molecule has 18 heavy (non-hydrogen) atoms. The van der Waals surface area contributed by atoms with Gasteiger partial charge in [0.25, 0.3) is 0 Å². The highest BCUT2D eigenvalue weighted by molar-refractivity contribution is 5.85. The Labute approximate surface area is 112 Å². The molecule has 2 rings (SSSR count). The van der Waals surface area contributed by atoms with Crippen molar-refractivity contribution < 1.29 is 9.53 Å². The van der Waals surface area contributed by atoms with Gasteiger partial charge < -0.3 is 15.4 Å². The normalized spacial score (nSPS) is 15.8. The van der Waals surface area contributed by atoms with Gasteiger partial charge in [-0.2, -0.15) is 5.10 Å². The Balaban J connectivity index is 0.00000162. The van der Waals surface area contributed by atoms with Crippen molar-refractivity contribution in [2.75, 3.05) is 18.8 Å². The number of nitrogens with zero attached hydrogens (tertiary/aromatic N) is 2. The van der Waals surface area contributed by atoms with Crippen molar-refractivity contribution in [1.82, 2.24) is 15.1 Å². The molecule has 1 aromatic heterocycles. The molecule has 1 aliphatic heterocycles. The Morgan fingerprint density at radius 2 is 2.17 bits per heavy atom. The highest BCUT2D eigenvalue weighted by Crippen LogP contribution is 2.27. The molecule has 0 spiro atoms. The number of halogens is 1. The van der Waals surface area contributed by atoms with Gasteiger partial charge in [0, 0.05) is 30.8 Å². The molecule has 6 nitrogen and oxygen atoms in total. The van der Waals surface area contributed by atoms with Crippen molar-refractivity contribution in [3.63, 3.8) is 0 Å². The number of hydrogen-bond donors (Lipinski definition) is 2. The number of carbonyl (C=O) groups excluding carboxylic acids is 1. The summed E-state index contributed by atoms with van der Waals surface area (Å²) in [5, 5.41) is 6.73. The number of rotatable bonds is 1. The summed E-state index contributed by atoms with van der Waals surface area (Å²) in [5.74, 6) is 0.767. The maximum atomic E-state index is 11.7. The zero-order valence-electron chi connectivity index (χ0n) is 10.8. The standard InChI is InChI=1S/C11H18N4O2.ClH/c1-11(2,3)17-10(16)15-5-7(6-15)8-4-9(12)14-13-8;/h4,7H,5-6H2,1-3H3,(H3,12,13,14);1H. The molecule has 0 unspecified atom stereocenters. The average molecular weight is 275 g/mol. The third kappa shape index (κ3) is 3.29. The van der Waals surface area contributed by atoms with Gasteiger partial charge in [-0.15, -0.1) is 12.4 Å². The lowest BCUT2D eigenvalue weighted by atomic mass is 9.97. The Morgan fingerprint density at radius 1 is 1.56 bits per heavy atom. The van der Waals surface area contributed by atoms with Gasteiger partial charge in [0.05, 0.1) is 0 Å². The van der Waals surface area contributed by atoms with Crippen LogP contribution in [-0.4, -0.2) is 39.9 Å². The predicted molar refractivity (Wildman–Crippen MR) is 70.8 cm³/mol. The van der Waals surface area contributed by atoms with E-state index in [1.165, 1.54) is 0 Å². The van der Waals surface area contributed by atoms with Crippen LogP contribution in [0.2, 0.25) is 0 Å². The molecule has 0 atom stereocenters. The number of anilines is 1. The fourth-order valence-corrected chi connectivity index (χ4v) is 1.71. The van der Waals surface area contributed by atoms with Gasteiger partial charge in [0.1, 0.15) is 11.4 Å². The van der Waals surface area contributed by atoms with E-state index in [-0.39, 0.29) is 24.4 Å². The SMILES string of the molecule is CC(C)(C)OC(=O)N1CC(c2cc(N)n[nH]2)C1.Cl. The molecule has 0 aliphatic carbocycles. The summed E-state index contributed by atoms with van der Waals surface area (Å²) in [7, 11) is 0. The van der Waals surface area contributed by atoms with Crippen LogP contribution in [0.5, 0.6) is 0 Å². The molecule has 0 bridgehead atoms. The summed E-state index contributed by atoms with van der Waals surface area (Å²) in [6.07, 6.45) is -0.263. The van der Waals surface area contributed by atoms with Crippen molar-refractivity contribution in [3.05, 3.63) is 11.8 Å². The van der Waals surface area contributed by atoms with Crippen LogP contribution in [0.4, 0.5) is 10.6 Å². The molecule has 0 aromatic carbocycles. The van der Waals surface area contributed by atoms with Crippen LogP contribution in [0.3, 0.4) is 0 Å². The topological polar surface area (TPSA) is 84.2 Å². The van der Waals surface area contributed by atoms with Gasteiger partial charge >= 0.3 is 6.09 Å². The Kier molecular flexibility index (Phi) is 4.11. The Bertz CT molecular complexity index is 421. The predicted octanol–water partition coefficient (Wildman–Crippen LogP) is 1.75. The molecule has 2 heterocycles. The number of ether oxygens (including phenoxy) is 1. The van der Waals surface area contributed by atoms with Crippen molar-refractivity contribution >= 4 is 24.3 Å². The lowest BCUT2D eigenvalue weighted by Crippen LogP contribution is -2.50. The largest absolute Gasteiger partial charge is 0.444 e. The van der Waals surface area contributed by atoms with Crippen LogP contribution in [0.1, 0.15) is 32.4 Å². The molecule has 0 radical (unpaired) electrons. The minimum atomic E-state index is -0.444. The van der Waals surface area contributed by atoms with E-state index in [1.807, 2.05) is 20.8 Å². The smallest absolute Gasteiger partial charge is 0.410 e. The number of nitrogens with one attached hydrogen (secondary N) is 1. The summed E-state index contributed by atoms with van der Waals surface area (Å²) in [5.41, 5.74) is 6.06. The zero-order valence-corrected chi connectivity index (χ0v) is 11.6. The van der Waals surface area contributed by atoms with E-state index in [9.17, 15) is 4.79 Å². The number of amides is 1. The van der Waals surface area contributed by atoms with E-state index < -0.39 is 5.60 Å². The zero-order chi connectivity index (χ0) is 12.6. The maximum absolute atomic E-state index is 11.7. The van der Waals surface area contributed by atoms with E-state index >= 15 is 0 Å². The second-order valence-electron chi connectivity index (χ2n) is 5.33. The molecule has 3 N–H and O–H groups in total. The van der Waals surface area contributed by atoms with E-state index in [2.05, 4.69) is 10.2 Å². The van der Waals surface area contributed by atoms with Crippen LogP contribution in [0, 0.1) is 0 Å².